The number of nitrogens with zero attached hydrogens (tertiary/aromatic N) is 3. The molecule has 0 spiro atoms. The number of aromatic nitrogens is 2. The molecule has 18 heavy (non-hydrogen) atoms. The van der Waals surface area contributed by atoms with Crippen molar-refractivity contribution in [1.29, 1.82) is 0 Å². The average Bonchev–Trinajstić information content (AvgIpc) is 2.78. The zero-order valence-electron chi connectivity index (χ0n) is 9.82. The Balaban J connectivity index is 2.13. The summed E-state index contributed by atoms with van der Waals surface area (Å²) in [5, 5.41) is 10.5. The van der Waals surface area contributed by atoms with E-state index in [-0.39, 0.29) is 5.69 Å². The van der Waals surface area contributed by atoms with Gasteiger partial charge in [-0.3, -0.25) is 10.1 Å². The van der Waals surface area contributed by atoms with Gasteiger partial charge in [0, 0.05) is 44.0 Å². The number of nitrogens with two attached hydrogens (primary N) is 1. The predicted molar refractivity (Wildman–Crippen MR) is 67.2 cm³/mol. The van der Waals surface area contributed by atoms with Crippen LogP contribution in [0.25, 0.3) is 0 Å². The Hall–Kier alpha value is -2.21. The minimum atomic E-state index is -0.404. The maximum Gasteiger partial charge on any atom is 0.269 e. The first-order valence-electron chi connectivity index (χ1n) is 5.64. The van der Waals surface area contributed by atoms with Crippen molar-refractivity contribution in [2.24, 2.45) is 5.73 Å². The zero-order valence-corrected chi connectivity index (χ0v) is 9.82. The monoisotopic (exact) mass is 246 g/mol. The van der Waals surface area contributed by atoms with Crippen LogP contribution in [0.4, 0.5) is 5.69 Å². The lowest BCUT2D eigenvalue weighted by molar-refractivity contribution is -0.384. The third-order valence-electron chi connectivity index (χ3n) is 2.68. The van der Waals surface area contributed by atoms with Crippen molar-refractivity contribution in [2.45, 2.75) is 13.0 Å². The van der Waals surface area contributed by atoms with Gasteiger partial charge in [-0.1, -0.05) is 12.1 Å². The molecule has 94 valence electrons. The molecule has 2 rings (SSSR count). The highest BCUT2D eigenvalue weighted by Gasteiger charge is 2.07. The van der Waals surface area contributed by atoms with E-state index in [9.17, 15) is 10.1 Å². The summed E-state index contributed by atoms with van der Waals surface area (Å²) in [7, 11) is 0. The Morgan fingerprint density at radius 3 is 2.67 bits per heavy atom. The molecule has 1 aromatic carbocycles. The highest BCUT2D eigenvalue weighted by molar-refractivity contribution is 5.34. The van der Waals surface area contributed by atoms with Gasteiger partial charge in [0.25, 0.3) is 5.69 Å². The van der Waals surface area contributed by atoms with E-state index in [2.05, 4.69) is 4.98 Å². The summed E-state index contributed by atoms with van der Waals surface area (Å²) in [5.41, 5.74) is 6.60. The summed E-state index contributed by atoms with van der Waals surface area (Å²) < 4.78 is 1.99. The van der Waals surface area contributed by atoms with Crippen molar-refractivity contribution >= 4 is 5.69 Å². The van der Waals surface area contributed by atoms with Crippen LogP contribution >= 0.6 is 0 Å². The number of nitro groups is 1. The minimum Gasteiger partial charge on any atom is -0.333 e. The average molecular weight is 246 g/mol. The second-order valence-corrected chi connectivity index (χ2v) is 3.93. The highest BCUT2D eigenvalue weighted by atomic mass is 16.6. The van der Waals surface area contributed by atoms with Crippen molar-refractivity contribution in [3.63, 3.8) is 0 Å². The number of imidazole rings is 1. The van der Waals surface area contributed by atoms with Crippen LogP contribution in [0.3, 0.4) is 0 Å². The molecule has 6 heteroatoms. The fourth-order valence-electron chi connectivity index (χ4n) is 1.77. The standard InChI is InChI=1S/C12H14N4O2/c13-5-7-15-8-6-14-12(15)9-10-1-3-11(4-2-10)16(17)18/h1-4,6,8H,5,7,9,13H2. The molecular formula is C12H14N4O2. The third-order valence-corrected chi connectivity index (χ3v) is 2.68. The fourth-order valence-corrected chi connectivity index (χ4v) is 1.77. The molecule has 6 nitrogen and oxygen atoms in total. The topological polar surface area (TPSA) is 87.0 Å². The molecular weight excluding hydrogens is 232 g/mol. The lowest BCUT2D eigenvalue weighted by Gasteiger charge is -2.06. The SMILES string of the molecule is NCCn1ccnc1Cc1ccc([N+](=O)[O-])cc1. The normalized spacial score (nSPS) is 10.5. The fraction of sp³-hybridized carbons (Fsp3) is 0.250. The van der Waals surface area contributed by atoms with Gasteiger partial charge in [-0.25, -0.2) is 4.98 Å². The largest absolute Gasteiger partial charge is 0.333 e. The highest BCUT2D eigenvalue weighted by Crippen LogP contribution is 2.14. The second kappa shape index (κ2) is 5.42. The summed E-state index contributed by atoms with van der Waals surface area (Å²) in [6.07, 6.45) is 4.26. The van der Waals surface area contributed by atoms with E-state index in [4.69, 9.17) is 5.73 Å². The molecule has 0 aliphatic heterocycles. The molecule has 2 N–H and O–H groups in total. The van der Waals surface area contributed by atoms with Gasteiger partial charge >= 0.3 is 0 Å². The van der Waals surface area contributed by atoms with Crippen molar-refractivity contribution in [1.82, 2.24) is 9.55 Å². The van der Waals surface area contributed by atoms with Crippen molar-refractivity contribution < 1.29 is 4.92 Å². The Morgan fingerprint density at radius 1 is 1.33 bits per heavy atom. The quantitative estimate of drug-likeness (QED) is 0.637. The Bertz CT molecular complexity index is 533. The Morgan fingerprint density at radius 2 is 2.06 bits per heavy atom. The molecule has 1 aromatic heterocycles. The predicted octanol–water partition coefficient (Wildman–Crippen LogP) is 1.34. The first-order chi connectivity index (χ1) is 8.70. The van der Waals surface area contributed by atoms with Gasteiger partial charge in [-0.2, -0.15) is 0 Å². The number of hydrogen-bond donors (Lipinski definition) is 1. The van der Waals surface area contributed by atoms with Crippen molar-refractivity contribution in [2.75, 3.05) is 6.54 Å². The minimum absolute atomic E-state index is 0.101. The van der Waals surface area contributed by atoms with Crippen LogP contribution < -0.4 is 5.73 Å². The van der Waals surface area contributed by atoms with Gasteiger partial charge in [-0.15, -0.1) is 0 Å². The molecule has 1 heterocycles. The van der Waals surface area contributed by atoms with Crippen LogP contribution in [-0.2, 0) is 13.0 Å². The summed E-state index contributed by atoms with van der Waals surface area (Å²) >= 11 is 0. The molecule has 0 fully saturated rings. The van der Waals surface area contributed by atoms with Crippen LogP contribution in [0.1, 0.15) is 11.4 Å². The van der Waals surface area contributed by atoms with Crippen LogP contribution in [0, 0.1) is 10.1 Å². The van der Waals surface area contributed by atoms with Gasteiger partial charge in [0.1, 0.15) is 5.82 Å². The maximum atomic E-state index is 10.5. The van der Waals surface area contributed by atoms with Crippen LogP contribution in [0.2, 0.25) is 0 Å². The molecule has 0 amide bonds. The van der Waals surface area contributed by atoms with E-state index in [1.165, 1.54) is 12.1 Å². The van der Waals surface area contributed by atoms with Crippen LogP contribution in [0.15, 0.2) is 36.7 Å². The molecule has 2 aromatic rings. The van der Waals surface area contributed by atoms with Gasteiger partial charge in [-0.05, 0) is 5.56 Å². The number of benzene rings is 1. The Labute approximate surface area is 104 Å². The molecule has 0 unspecified atom stereocenters. The molecule has 0 radical (unpaired) electrons. The lowest BCUT2D eigenvalue weighted by Crippen LogP contribution is -2.12. The maximum absolute atomic E-state index is 10.5. The summed E-state index contributed by atoms with van der Waals surface area (Å²) in [4.78, 5) is 14.4. The van der Waals surface area contributed by atoms with E-state index < -0.39 is 4.92 Å². The van der Waals surface area contributed by atoms with Gasteiger partial charge in [0.2, 0.25) is 0 Å². The van der Waals surface area contributed by atoms with E-state index in [0.29, 0.717) is 13.0 Å². The molecule has 0 saturated carbocycles. The smallest absolute Gasteiger partial charge is 0.269 e. The molecule has 0 aliphatic carbocycles. The first kappa shape index (κ1) is 12.3. The van der Waals surface area contributed by atoms with Gasteiger partial charge < -0.3 is 10.3 Å². The van der Waals surface area contributed by atoms with E-state index in [0.717, 1.165) is 17.9 Å². The number of nitro benzene ring substituents is 1. The van der Waals surface area contributed by atoms with Crippen LogP contribution in [0.5, 0.6) is 0 Å². The molecule has 0 saturated heterocycles. The first-order valence-corrected chi connectivity index (χ1v) is 5.64. The van der Waals surface area contributed by atoms with Crippen LogP contribution in [-0.4, -0.2) is 21.0 Å². The van der Waals surface area contributed by atoms with Gasteiger partial charge in [0.15, 0.2) is 0 Å². The summed E-state index contributed by atoms with van der Waals surface area (Å²) in [6.45, 7) is 1.28. The molecule has 0 bridgehead atoms. The number of rotatable bonds is 5. The lowest BCUT2D eigenvalue weighted by atomic mass is 10.1. The Kier molecular flexibility index (Phi) is 3.69. The van der Waals surface area contributed by atoms with Crippen molar-refractivity contribution in [3.8, 4) is 0 Å². The number of hydrogen-bond acceptors (Lipinski definition) is 4. The summed E-state index contributed by atoms with van der Waals surface area (Å²) in [5.74, 6) is 0.911. The van der Waals surface area contributed by atoms with Crippen molar-refractivity contribution in [3.05, 3.63) is 58.2 Å². The second-order valence-electron chi connectivity index (χ2n) is 3.93. The number of non-ortho nitro benzene ring substituents is 1. The third kappa shape index (κ3) is 2.72. The van der Waals surface area contributed by atoms with Gasteiger partial charge in [0.05, 0.1) is 4.92 Å². The molecule has 0 atom stereocenters. The zero-order chi connectivity index (χ0) is 13.0. The van der Waals surface area contributed by atoms with E-state index >= 15 is 0 Å². The molecule has 0 aliphatic rings. The summed E-state index contributed by atoms with van der Waals surface area (Å²) in [6, 6.07) is 6.51. The van der Waals surface area contributed by atoms with E-state index in [1.807, 2.05) is 10.8 Å². The van der Waals surface area contributed by atoms with E-state index in [1.54, 1.807) is 18.3 Å².